The molecule has 1 aliphatic heterocycles. The lowest BCUT2D eigenvalue weighted by Gasteiger charge is -2.26. The van der Waals surface area contributed by atoms with Crippen molar-refractivity contribution < 1.29 is 29.3 Å². The molecule has 0 spiro atoms. The molecule has 1 amide bonds. The van der Waals surface area contributed by atoms with Gasteiger partial charge in [0.1, 0.15) is 11.5 Å². The van der Waals surface area contributed by atoms with Crippen LogP contribution in [0.25, 0.3) is 5.76 Å². The smallest absolute Gasteiger partial charge is 0.295 e. The van der Waals surface area contributed by atoms with Gasteiger partial charge in [-0.1, -0.05) is 18.2 Å². The fourth-order valence-electron chi connectivity index (χ4n) is 3.91. The maximum Gasteiger partial charge on any atom is 0.295 e. The van der Waals surface area contributed by atoms with Crippen molar-refractivity contribution in [3.63, 3.8) is 0 Å². The third-order valence-corrected chi connectivity index (χ3v) is 5.49. The van der Waals surface area contributed by atoms with Crippen LogP contribution < -0.4 is 9.47 Å². The zero-order valence-electron chi connectivity index (χ0n) is 19.4. The quantitative estimate of drug-likeness (QED) is 0.341. The van der Waals surface area contributed by atoms with Gasteiger partial charge in [0.15, 0.2) is 11.5 Å². The number of amides is 1. The van der Waals surface area contributed by atoms with E-state index in [1.165, 1.54) is 18.1 Å². The lowest BCUT2D eigenvalue weighted by molar-refractivity contribution is -0.139. The number of aromatic hydroxyl groups is 1. The van der Waals surface area contributed by atoms with Gasteiger partial charge in [-0.25, -0.2) is 0 Å². The molecule has 0 aliphatic carbocycles. The van der Waals surface area contributed by atoms with E-state index in [1.54, 1.807) is 43.3 Å². The van der Waals surface area contributed by atoms with Crippen LogP contribution in [0.3, 0.4) is 0 Å². The largest absolute Gasteiger partial charge is 0.507 e. The van der Waals surface area contributed by atoms with E-state index in [2.05, 4.69) is 0 Å². The molecule has 0 saturated carbocycles. The Kier molecular flexibility index (Phi) is 7.60. The van der Waals surface area contributed by atoms with Gasteiger partial charge in [-0.2, -0.15) is 0 Å². The van der Waals surface area contributed by atoms with E-state index in [0.29, 0.717) is 36.4 Å². The van der Waals surface area contributed by atoms with Gasteiger partial charge in [-0.15, -0.1) is 0 Å². The first-order chi connectivity index (χ1) is 15.8. The van der Waals surface area contributed by atoms with Crippen LogP contribution in [0.1, 0.15) is 30.5 Å². The number of hydrogen-bond acceptors (Lipinski definition) is 7. The SMILES string of the molecule is CCOc1cc(C2C(=C(O)c3cccc(OC)c3)C(=O)C(=O)N2CCCN(C)C)ccc1O. The standard InChI is InChI=1S/C25H30N2O6/c1-5-33-20-15-16(10-11-19(20)28)22-21(23(29)17-8-6-9-18(14-17)32-4)24(30)25(31)27(22)13-7-12-26(2)3/h6,8-11,14-15,22,28-29H,5,7,12-13H2,1-4H3. The zero-order chi connectivity index (χ0) is 24.1. The fraction of sp³-hybridized carbons (Fsp3) is 0.360. The molecule has 176 valence electrons. The summed E-state index contributed by atoms with van der Waals surface area (Å²) >= 11 is 0. The molecule has 8 nitrogen and oxygen atoms in total. The van der Waals surface area contributed by atoms with Gasteiger partial charge in [0, 0.05) is 12.1 Å². The summed E-state index contributed by atoms with van der Waals surface area (Å²) in [5.74, 6) is -0.990. The highest BCUT2D eigenvalue weighted by Gasteiger charge is 2.46. The number of carbonyl (C=O) groups is 2. The van der Waals surface area contributed by atoms with Gasteiger partial charge in [0.05, 0.1) is 25.3 Å². The maximum atomic E-state index is 13.1. The lowest BCUT2D eigenvalue weighted by Crippen LogP contribution is -2.32. The number of ether oxygens (including phenoxy) is 2. The molecule has 1 heterocycles. The van der Waals surface area contributed by atoms with Gasteiger partial charge in [-0.3, -0.25) is 9.59 Å². The molecule has 1 fully saturated rings. The fourth-order valence-corrected chi connectivity index (χ4v) is 3.91. The molecule has 1 saturated heterocycles. The third kappa shape index (κ3) is 5.12. The van der Waals surface area contributed by atoms with Crippen molar-refractivity contribution in [1.82, 2.24) is 9.80 Å². The Morgan fingerprint density at radius 1 is 1.15 bits per heavy atom. The second-order valence-corrected chi connectivity index (χ2v) is 8.04. The number of rotatable bonds is 9. The van der Waals surface area contributed by atoms with Crippen molar-refractivity contribution in [2.45, 2.75) is 19.4 Å². The summed E-state index contributed by atoms with van der Waals surface area (Å²) in [6.07, 6.45) is 0.645. The molecule has 0 radical (unpaired) electrons. The van der Waals surface area contributed by atoms with Crippen LogP contribution in [0, 0.1) is 0 Å². The average molecular weight is 455 g/mol. The minimum Gasteiger partial charge on any atom is -0.507 e. The van der Waals surface area contributed by atoms with Crippen LogP contribution >= 0.6 is 0 Å². The van der Waals surface area contributed by atoms with Gasteiger partial charge in [0.25, 0.3) is 11.7 Å². The number of aliphatic hydroxyl groups excluding tert-OH is 1. The molecule has 1 atom stereocenters. The second-order valence-electron chi connectivity index (χ2n) is 8.04. The summed E-state index contributed by atoms with van der Waals surface area (Å²) in [6.45, 7) is 3.19. The molecule has 1 aliphatic rings. The molecule has 0 bridgehead atoms. The molecule has 3 rings (SSSR count). The Bertz CT molecular complexity index is 1060. The second kappa shape index (κ2) is 10.4. The van der Waals surface area contributed by atoms with E-state index in [-0.39, 0.29) is 22.8 Å². The van der Waals surface area contributed by atoms with Crippen LogP contribution in [0.2, 0.25) is 0 Å². The topological polar surface area (TPSA) is 99.5 Å². The van der Waals surface area contributed by atoms with E-state index >= 15 is 0 Å². The van der Waals surface area contributed by atoms with Gasteiger partial charge in [0.2, 0.25) is 0 Å². The highest BCUT2D eigenvalue weighted by atomic mass is 16.5. The average Bonchev–Trinajstić information content (AvgIpc) is 3.05. The normalized spacial score (nSPS) is 17.6. The zero-order valence-corrected chi connectivity index (χ0v) is 19.4. The van der Waals surface area contributed by atoms with E-state index < -0.39 is 17.7 Å². The predicted molar refractivity (Wildman–Crippen MR) is 124 cm³/mol. The number of carbonyl (C=O) groups excluding carboxylic acids is 2. The van der Waals surface area contributed by atoms with Crippen molar-refractivity contribution >= 4 is 17.4 Å². The van der Waals surface area contributed by atoms with E-state index in [1.807, 2.05) is 19.0 Å². The Labute approximate surface area is 193 Å². The molecular weight excluding hydrogens is 424 g/mol. The number of Topliss-reactive ketones (excluding diaryl/α,β-unsaturated/α-hetero) is 1. The molecule has 0 aromatic heterocycles. The maximum absolute atomic E-state index is 13.1. The lowest BCUT2D eigenvalue weighted by atomic mass is 9.95. The first-order valence-electron chi connectivity index (χ1n) is 10.8. The number of aliphatic hydroxyl groups is 1. The molecular formula is C25H30N2O6. The van der Waals surface area contributed by atoms with Gasteiger partial charge >= 0.3 is 0 Å². The predicted octanol–water partition coefficient (Wildman–Crippen LogP) is 3.17. The highest BCUT2D eigenvalue weighted by molar-refractivity contribution is 6.46. The van der Waals surface area contributed by atoms with E-state index in [0.717, 1.165) is 6.54 Å². The number of methoxy groups -OCH3 is 1. The summed E-state index contributed by atoms with van der Waals surface area (Å²) in [7, 11) is 5.37. The van der Waals surface area contributed by atoms with E-state index in [9.17, 15) is 19.8 Å². The number of likely N-dealkylation sites (tertiary alicyclic amines) is 1. The Balaban J connectivity index is 2.14. The third-order valence-electron chi connectivity index (χ3n) is 5.49. The summed E-state index contributed by atoms with van der Waals surface area (Å²) < 4.78 is 10.7. The Hall–Kier alpha value is -3.52. The molecule has 2 aromatic carbocycles. The molecule has 8 heteroatoms. The summed E-state index contributed by atoms with van der Waals surface area (Å²) in [4.78, 5) is 29.6. The number of benzene rings is 2. The molecule has 33 heavy (non-hydrogen) atoms. The number of phenolic OH excluding ortho intramolecular Hbond substituents is 1. The summed E-state index contributed by atoms with van der Waals surface area (Å²) in [6, 6.07) is 10.6. The van der Waals surface area contributed by atoms with Gasteiger partial charge in [-0.05, 0) is 63.8 Å². The summed E-state index contributed by atoms with van der Waals surface area (Å²) in [5.41, 5.74) is 0.922. The minimum atomic E-state index is -0.821. The number of nitrogens with zero attached hydrogens (tertiary/aromatic N) is 2. The van der Waals surface area contributed by atoms with Gasteiger partial charge < -0.3 is 29.5 Å². The Morgan fingerprint density at radius 2 is 1.91 bits per heavy atom. The monoisotopic (exact) mass is 454 g/mol. The number of phenols is 1. The van der Waals surface area contributed by atoms with Crippen LogP contribution in [0.15, 0.2) is 48.0 Å². The van der Waals surface area contributed by atoms with Crippen molar-refractivity contribution in [2.24, 2.45) is 0 Å². The summed E-state index contributed by atoms with van der Waals surface area (Å²) in [5, 5.41) is 21.3. The minimum absolute atomic E-state index is 0.00811. The van der Waals surface area contributed by atoms with Crippen LogP contribution in [-0.4, -0.2) is 72.6 Å². The Morgan fingerprint density at radius 3 is 2.58 bits per heavy atom. The van der Waals surface area contributed by atoms with Crippen LogP contribution in [0.5, 0.6) is 17.2 Å². The number of ketones is 1. The van der Waals surface area contributed by atoms with Crippen molar-refractivity contribution in [1.29, 1.82) is 0 Å². The first-order valence-corrected chi connectivity index (χ1v) is 10.8. The highest BCUT2D eigenvalue weighted by Crippen LogP contribution is 2.42. The van der Waals surface area contributed by atoms with Crippen molar-refractivity contribution in [2.75, 3.05) is 40.9 Å². The van der Waals surface area contributed by atoms with Crippen LogP contribution in [0.4, 0.5) is 0 Å². The van der Waals surface area contributed by atoms with E-state index in [4.69, 9.17) is 9.47 Å². The van der Waals surface area contributed by atoms with Crippen molar-refractivity contribution in [3.8, 4) is 17.2 Å². The number of hydrogen-bond donors (Lipinski definition) is 2. The van der Waals surface area contributed by atoms with Crippen LogP contribution in [-0.2, 0) is 9.59 Å². The molecule has 1 unspecified atom stereocenters. The van der Waals surface area contributed by atoms with Crippen molar-refractivity contribution in [3.05, 3.63) is 59.2 Å². The first kappa shape index (κ1) is 24.1. The molecule has 2 aromatic rings. The molecule has 2 N–H and O–H groups in total.